The number of nitrogen functional groups attached to an aromatic ring is 1. The normalized spacial score (nSPS) is 9.18. The SMILES string of the molecule is Nc1ccc(C(=O)OP)cn1. The summed E-state index contributed by atoms with van der Waals surface area (Å²) in [6, 6.07) is 3.09. The molecular formula is C6H7N2O2P. The molecule has 0 aliphatic carbocycles. The summed E-state index contributed by atoms with van der Waals surface area (Å²) in [7, 11) is 1.87. The molecule has 0 aliphatic rings. The van der Waals surface area contributed by atoms with Crippen LogP contribution in [0.2, 0.25) is 0 Å². The molecule has 1 aromatic heterocycles. The Hall–Kier alpha value is -1.15. The second-order valence-electron chi connectivity index (χ2n) is 1.88. The number of aromatic nitrogens is 1. The van der Waals surface area contributed by atoms with Gasteiger partial charge in [0, 0.05) is 6.20 Å². The van der Waals surface area contributed by atoms with Crippen molar-refractivity contribution in [1.29, 1.82) is 0 Å². The Balaban J connectivity index is 2.90. The highest BCUT2D eigenvalue weighted by Crippen LogP contribution is 2.04. The van der Waals surface area contributed by atoms with Gasteiger partial charge in [0.1, 0.15) is 5.82 Å². The van der Waals surface area contributed by atoms with Gasteiger partial charge in [-0.25, -0.2) is 9.78 Å². The van der Waals surface area contributed by atoms with Gasteiger partial charge in [-0.05, 0) is 12.1 Å². The minimum atomic E-state index is -0.442. The molecular weight excluding hydrogens is 163 g/mol. The first kappa shape index (κ1) is 7.95. The Morgan fingerprint density at radius 3 is 2.82 bits per heavy atom. The number of hydrogen-bond donors (Lipinski definition) is 1. The van der Waals surface area contributed by atoms with Gasteiger partial charge in [-0.15, -0.1) is 0 Å². The molecule has 0 spiro atoms. The maximum absolute atomic E-state index is 10.8. The number of carbonyl (C=O) groups is 1. The molecule has 1 unspecified atom stereocenters. The molecule has 5 heteroatoms. The minimum Gasteiger partial charge on any atom is -0.448 e. The predicted octanol–water partition coefficient (Wildman–Crippen LogP) is 0.611. The Bertz CT molecular complexity index is 260. The van der Waals surface area contributed by atoms with E-state index in [1.807, 2.05) is 9.47 Å². The van der Waals surface area contributed by atoms with Gasteiger partial charge in [-0.2, -0.15) is 0 Å². The highest BCUT2D eigenvalue weighted by molar-refractivity contribution is 7.10. The van der Waals surface area contributed by atoms with Crippen LogP contribution in [0.1, 0.15) is 10.4 Å². The lowest BCUT2D eigenvalue weighted by Crippen LogP contribution is -1.99. The topological polar surface area (TPSA) is 65.2 Å². The van der Waals surface area contributed by atoms with Crippen LogP contribution in [-0.2, 0) is 4.52 Å². The lowest BCUT2D eigenvalue weighted by atomic mass is 10.3. The van der Waals surface area contributed by atoms with Gasteiger partial charge < -0.3 is 10.3 Å². The van der Waals surface area contributed by atoms with Gasteiger partial charge in [0.15, 0.2) is 0 Å². The van der Waals surface area contributed by atoms with E-state index in [0.717, 1.165) is 0 Å². The standard InChI is InChI=1S/C6H7N2O2P/c7-5-2-1-4(3-8-5)6(9)10-11/h1-3H,11H2,(H2,7,8). The Morgan fingerprint density at radius 1 is 1.64 bits per heavy atom. The van der Waals surface area contributed by atoms with Gasteiger partial charge in [0.2, 0.25) is 0 Å². The van der Waals surface area contributed by atoms with Crippen LogP contribution in [0, 0.1) is 0 Å². The second kappa shape index (κ2) is 3.30. The van der Waals surface area contributed by atoms with E-state index in [9.17, 15) is 4.79 Å². The summed E-state index contributed by atoms with van der Waals surface area (Å²) in [6.07, 6.45) is 1.36. The van der Waals surface area contributed by atoms with Gasteiger partial charge in [0.05, 0.1) is 15.0 Å². The molecule has 1 rings (SSSR count). The van der Waals surface area contributed by atoms with E-state index in [1.165, 1.54) is 12.3 Å². The van der Waals surface area contributed by atoms with E-state index in [1.54, 1.807) is 6.07 Å². The van der Waals surface area contributed by atoms with Gasteiger partial charge in [0.25, 0.3) is 0 Å². The van der Waals surface area contributed by atoms with E-state index >= 15 is 0 Å². The average Bonchev–Trinajstić information content (AvgIpc) is 2.05. The summed E-state index contributed by atoms with van der Waals surface area (Å²) in [6.45, 7) is 0. The van der Waals surface area contributed by atoms with Crippen LogP contribution < -0.4 is 5.73 Å². The summed E-state index contributed by atoms with van der Waals surface area (Å²) in [4.78, 5) is 14.5. The van der Waals surface area contributed by atoms with Crippen molar-refractivity contribution in [2.45, 2.75) is 0 Å². The predicted molar refractivity (Wildman–Crippen MR) is 43.8 cm³/mol. The summed E-state index contributed by atoms with van der Waals surface area (Å²) in [5.41, 5.74) is 5.68. The molecule has 0 amide bonds. The number of rotatable bonds is 1. The Kier molecular flexibility index (Phi) is 2.39. The largest absolute Gasteiger partial charge is 0.448 e. The van der Waals surface area contributed by atoms with Crippen molar-refractivity contribution in [3.05, 3.63) is 23.9 Å². The number of anilines is 1. The third-order valence-electron chi connectivity index (χ3n) is 1.13. The number of hydrogen-bond acceptors (Lipinski definition) is 4. The smallest absolute Gasteiger partial charge is 0.341 e. The van der Waals surface area contributed by atoms with Crippen molar-refractivity contribution < 1.29 is 9.32 Å². The molecule has 4 nitrogen and oxygen atoms in total. The van der Waals surface area contributed by atoms with Crippen LogP contribution in [0.4, 0.5) is 5.82 Å². The van der Waals surface area contributed by atoms with Crippen molar-refractivity contribution in [1.82, 2.24) is 4.98 Å². The third kappa shape index (κ3) is 1.88. The van der Waals surface area contributed by atoms with Gasteiger partial charge in [-0.1, -0.05) is 0 Å². The fourth-order valence-corrected chi connectivity index (χ4v) is 0.730. The Morgan fingerprint density at radius 2 is 2.36 bits per heavy atom. The molecule has 1 atom stereocenters. The van der Waals surface area contributed by atoms with Crippen LogP contribution >= 0.6 is 9.47 Å². The number of nitrogens with zero attached hydrogens (tertiary/aromatic N) is 1. The van der Waals surface area contributed by atoms with Crippen LogP contribution in [0.15, 0.2) is 18.3 Å². The molecule has 0 bridgehead atoms. The first-order valence-electron chi connectivity index (χ1n) is 2.86. The molecule has 2 N–H and O–H groups in total. The maximum atomic E-state index is 10.8. The highest BCUT2D eigenvalue weighted by atomic mass is 31.0. The lowest BCUT2D eigenvalue weighted by Gasteiger charge is -1.96. The fourth-order valence-electron chi connectivity index (χ4n) is 0.594. The van der Waals surface area contributed by atoms with Crippen molar-refractivity contribution in [2.75, 3.05) is 5.73 Å². The van der Waals surface area contributed by atoms with E-state index in [2.05, 4.69) is 9.51 Å². The van der Waals surface area contributed by atoms with Crippen molar-refractivity contribution in [2.24, 2.45) is 0 Å². The third-order valence-corrected chi connectivity index (χ3v) is 1.34. The molecule has 0 aliphatic heterocycles. The molecule has 0 saturated heterocycles. The van der Waals surface area contributed by atoms with E-state index in [0.29, 0.717) is 11.4 Å². The molecule has 0 saturated carbocycles. The van der Waals surface area contributed by atoms with E-state index < -0.39 is 5.97 Å². The molecule has 1 aromatic rings. The first-order chi connectivity index (χ1) is 5.24. The summed E-state index contributed by atoms with van der Waals surface area (Å²) >= 11 is 0. The van der Waals surface area contributed by atoms with Gasteiger partial charge in [-0.3, -0.25) is 0 Å². The summed E-state index contributed by atoms with van der Waals surface area (Å²) in [5.74, 6) is -0.0622. The van der Waals surface area contributed by atoms with Crippen LogP contribution in [0.5, 0.6) is 0 Å². The quantitative estimate of drug-likeness (QED) is 0.627. The average molecular weight is 170 g/mol. The number of carbonyl (C=O) groups excluding carboxylic acids is 1. The summed E-state index contributed by atoms with van der Waals surface area (Å²) in [5, 5.41) is 0. The van der Waals surface area contributed by atoms with Gasteiger partial charge >= 0.3 is 5.97 Å². The van der Waals surface area contributed by atoms with Crippen molar-refractivity contribution >= 4 is 21.3 Å². The molecule has 58 valence electrons. The molecule has 0 aromatic carbocycles. The van der Waals surface area contributed by atoms with Crippen LogP contribution in [-0.4, -0.2) is 11.0 Å². The minimum absolute atomic E-state index is 0.380. The Labute approximate surface area is 66.0 Å². The zero-order chi connectivity index (χ0) is 8.27. The van der Waals surface area contributed by atoms with E-state index in [-0.39, 0.29) is 0 Å². The molecule has 0 radical (unpaired) electrons. The zero-order valence-corrected chi connectivity index (χ0v) is 6.81. The zero-order valence-electron chi connectivity index (χ0n) is 5.65. The molecule has 0 fully saturated rings. The highest BCUT2D eigenvalue weighted by Gasteiger charge is 2.03. The monoisotopic (exact) mass is 170 g/mol. The van der Waals surface area contributed by atoms with Crippen molar-refractivity contribution in [3.8, 4) is 0 Å². The van der Waals surface area contributed by atoms with Crippen molar-refractivity contribution in [3.63, 3.8) is 0 Å². The van der Waals surface area contributed by atoms with Crippen LogP contribution in [0.3, 0.4) is 0 Å². The number of nitrogens with two attached hydrogens (primary N) is 1. The lowest BCUT2D eigenvalue weighted by molar-refractivity contribution is 0.0765. The van der Waals surface area contributed by atoms with Crippen LogP contribution in [0.25, 0.3) is 0 Å². The number of pyridine rings is 1. The maximum Gasteiger partial charge on any atom is 0.341 e. The van der Waals surface area contributed by atoms with E-state index in [4.69, 9.17) is 5.73 Å². The molecule has 1 heterocycles. The summed E-state index contributed by atoms with van der Waals surface area (Å²) < 4.78 is 4.37. The molecule has 11 heavy (non-hydrogen) atoms. The fraction of sp³-hybridized carbons (Fsp3) is 0. The first-order valence-corrected chi connectivity index (χ1v) is 3.34. The second-order valence-corrected chi connectivity index (χ2v) is 2.11.